The van der Waals surface area contributed by atoms with Gasteiger partial charge in [-0.25, -0.2) is 0 Å². The van der Waals surface area contributed by atoms with Gasteiger partial charge in [0.25, 0.3) is 5.91 Å². The van der Waals surface area contributed by atoms with Crippen molar-refractivity contribution in [3.63, 3.8) is 0 Å². The largest absolute Gasteiger partial charge is 0.396 e. The summed E-state index contributed by atoms with van der Waals surface area (Å²) in [5.74, 6) is 0.934. The number of piperidine rings is 1. The highest BCUT2D eigenvalue weighted by Gasteiger charge is 2.36. The van der Waals surface area contributed by atoms with E-state index in [1.54, 1.807) is 6.07 Å². The van der Waals surface area contributed by atoms with Crippen molar-refractivity contribution in [2.75, 3.05) is 19.7 Å². The second-order valence-corrected chi connectivity index (χ2v) is 8.60. The van der Waals surface area contributed by atoms with Gasteiger partial charge in [0.05, 0.1) is 0 Å². The molecule has 1 aliphatic heterocycles. The van der Waals surface area contributed by atoms with Gasteiger partial charge in [-0.05, 0) is 44.9 Å². The van der Waals surface area contributed by atoms with E-state index in [1.165, 1.54) is 0 Å². The average molecular weight is 390 g/mol. The molecule has 1 aromatic heterocycles. The molecule has 0 radical (unpaired) electrons. The van der Waals surface area contributed by atoms with E-state index in [1.807, 2.05) is 4.90 Å². The summed E-state index contributed by atoms with van der Waals surface area (Å²) >= 11 is 0. The molecule has 3 aliphatic rings. The zero-order chi connectivity index (χ0) is 19.7. The molecule has 0 bridgehead atoms. The minimum atomic E-state index is -0.278. The third-order valence-corrected chi connectivity index (χ3v) is 6.46. The number of aliphatic hydroxyl groups excluding tert-OH is 1. The first-order valence-corrected chi connectivity index (χ1v) is 10.5. The van der Waals surface area contributed by atoms with Gasteiger partial charge in [0.15, 0.2) is 5.69 Å². The van der Waals surface area contributed by atoms with Crippen molar-refractivity contribution < 1.29 is 19.2 Å². The first-order valence-electron chi connectivity index (χ1n) is 10.5. The van der Waals surface area contributed by atoms with E-state index < -0.39 is 0 Å². The number of nitrogens with two attached hydrogens (primary N) is 1. The quantitative estimate of drug-likeness (QED) is 0.690. The van der Waals surface area contributed by atoms with Gasteiger partial charge in [0.1, 0.15) is 5.76 Å². The number of rotatable bonds is 5. The predicted octanol–water partition coefficient (Wildman–Crippen LogP) is 1.01. The minimum Gasteiger partial charge on any atom is -0.396 e. The second kappa shape index (κ2) is 8.21. The lowest BCUT2D eigenvalue weighted by Gasteiger charge is -2.40. The molecule has 2 atom stereocenters. The molecule has 2 heterocycles. The molecule has 4 N–H and O–H groups in total. The van der Waals surface area contributed by atoms with E-state index in [0.717, 1.165) is 44.3 Å². The predicted molar refractivity (Wildman–Crippen MR) is 101 cm³/mol. The molecule has 2 saturated carbocycles. The maximum Gasteiger partial charge on any atom is 0.273 e. The highest BCUT2D eigenvalue weighted by atomic mass is 16.5. The van der Waals surface area contributed by atoms with E-state index in [-0.39, 0.29) is 48.0 Å². The van der Waals surface area contributed by atoms with Crippen molar-refractivity contribution in [3.05, 3.63) is 17.5 Å². The number of carbonyl (C=O) groups is 2. The van der Waals surface area contributed by atoms with Crippen molar-refractivity contribution >= 4 is 11.8 Å². The highest BCUT2D eigenvalue weighted by molar-refractivity contribution is 5.92. The number of carbonyl (C=O) groups excluding carboxylic acids is 2. The molecule has 0 unspecified atom stereocenters. The summed E-state index contributed by atoms with van der Waals surface area (Å²) in [5.41, 5.74) is 6.23. The number of aliphatic hydroxyl groups is 1. The summed E-state index contributed by atoms with van der Waals surface area (Å²) in [6, 6.07) is 1.75. The van der Waals surface area contributed by atoms with E-state index in [9.17, 15) is 14.7 Å². The molecule has 8 nitrogen and oxygen atoms in total. The van der Waals surface area contributed by atoms with Gasteiger partial charge in [0, 0.05) is 55.6 Å². The van der Waals surface area contributed by atoms with Gasteiger partial charge in [-0.3, -0.25) is 9.59 Å². The number of hydrogen-bond donors (Lipinski definition) is 3. The Morgan fingerprint density at radius 2 is 1.96 bits per heavy atom. The van der Waals surface area contributed by atoms with Crippen molar-refractivity contribution in [1.82, 2.24) is 15.4 Å². The molecule has 2 aliphatic carbocycles. The Morgan fingerprint density at radius 1 is 1.21 bits per heavy atom. The zero-order valence-corrected chi connectivity index (χ0v) is 16.2. The Morgan fingerprint density at radius 3 is 2.64 bits per heavy atom. The summed E-state index contributed by atoms with van der Waals surface area (Å²) in [4.78, 5) is 27.2. The fourth-order valence-corrected chi connectivity index (χ4v) is 4.43. The summed E-state index contributed by atoms with van der Waals surface area (Å²) in [5, 5.41) is 16.7. The fourth-order valence-electron chi connectivity index (χ4n) is 4.43. The molecule has 0 spiro atoms. The molecule has 28 heavy (non-hydrogen) atoms. The van der Waals surface area contributed by atoms with Gasteiger partial charge in [-0.15, -0.1) is 0 Å². The Hall–Kier alpha value is -1.93. The Bertz CT molecular complexity index is 709. The lowest BCUT2D eigenvalue weighted by molar-refractivity contribution is -0.139. The first kappa shape index (κ1) is 19.4. The normalized spacial score (nSPS) is 30.9. The van der Waals surface area contributed by atoms with Crippen molar-refractivity contribution in [2.45, 2.75) is 62.9 Å². The van der Waals surface area contributed by atoms with Crippen LogP contribution in [0.15, 0.2) is 10.6 Å². The van der Waals surface area contributed by atoms with Crippen LogP contribution in [-0.2, 0) is 4.79 Å². The maximum absolute atomic E-state index is 12.8. The Kier molecular flexibility index (Phi) is 5.68. The lowest BCUT2D eigenvalue weighted by Crippen LogP contribution is -2.54. The van der Waals surface area contributed by atoms with E-state index in [0.29, 0.717) is 25.4 Å². The topological polar surface area (TPSA) is 122 Å². The number of hydrogen-bond acceptors (Lipinski definition) is 6. The second-order valence-electron chi connectivity index (χ2n) is 8.60. The number of amides is 2. The van der Waals surface area contributed by atoms with Crippen LogP contribution in [0.5, 0.6) is 0 Å². The van der Waals surface area contributed by atoms with Gasteiger partial charge >= 0.3 is 0 Å². The summed E-state index contributed by atoms with van der Waals surface area (Å²) in [7, 11) is 0. The van der Waals surface area contributed by atoms with Crippen LogP contribution in [0, 0.1) is 11.8 Å². The third kappa shape index (κ3) is 4.22. The number of aromatic nitrogens is 1. The van der Waals surface area contributed by atoms with E-state index >= 15 is 0 Å². The summed E-state index contributed by atoms with van der Waals surface area (Å²) in [6.07, 6.45) is 6.28. The van der Waals surface area contributed by atoms with Crippen LogP contribution in [0.3, 0.4) is 0 Å². The molecule has 2 amide bonds. The molecule has 1 saturated heterocycles. The van der Waals surface area contributed by atoms with Gasteiger partial charge in [-0.2, -0.15) is 0 Å². The van der Waals surface area contributed by atoms with Crippen LogP contribution < -0.4 is 11.1 Å². The molecular weight excluding hydrogens is 360 g/mol. The van der Waals surface area contributed by atoms with Crippen LogP contribution in [-0.4, -0.2) is 58.8 Å². The smallest absolute Gasteiger partial charge is 0.273 e. The van der Waals surface area contributed by atoms with Gasteiger partial charge in [0.2, 0.25) is 5.91 Å². The standard InChI is InChI=1S/C20H30N4O4/c21-15-5-3-13(4-6-15)20(27)24-8-7-16(14(10-24)11-25)22-19(26)17-9-18(28-23-17)12-1-2-12/h9,12-16,25H,1-8,10-11,21H2,(H,22,26)/t13?,14-,15?,16+/m1/s1. The van der Waals surface area contributed by atoms with Crippen molar-refractivity contribution in [3.8, 4) is 0 Å². The van der Waals surface area contributed by atoms with Crippen LogP contribution in [0.25, 0.3) is 0 Å². The summed E-state index contributed by atoms with van der Waals surface area (Å²) < 4.78 is 5.25. The van der Waals surface area contributed by atoms with E-state index in [2.05, 4.69) is 10.5 Å². The fraction of sp³-hybridized carbons (Fsp3) is 0.750. The minimum absolute atomic E-state index is 0.0428. The molecule has 3 fully saturated rings. The van der Waals surface area contributed by atoms with E-state index in [4.69, 9.17) is 10.3 Å². The summed E-state index contributed by atoms with van der Waals surface area (Å²) in [6.45, 7) is 0.986. The highest BCUT2D eigenvalue weighted by Crippen LogP contribution is 2.40. The monoisotopic (exact) mass is 390 g/mol. The lowest BCUT2D eigenvalue weighted by atomic mass is 9.84. The number of likely N-dealkylation sites (tertiary alicyclic amines) is 1. The average Bonchev–Trinajstić information content (AvgIpc) is 3.44. The van der Waals surface area contributed by atoms with Crippen LogP contribution in [0.4, 0.5) is 0 Å². The van der Waals surface area contributed by atoms with Crippen LogP contribution in [0.2, 0.25) is 0 Å². The molecule has 8 heteroatoms. The zero-order valence-electron chi connectivity index (χ0n) is 16.2. The van der Waals surface area contributed by atoms with Crippen LogP contribution >= 0.6 is 0 Å². The van der Waals surface area contributed by atoms with Crippen LogP contribution in [0.1, 0.15) is 67.1 Å². The first-order chi connectivity index (χ1) is 13.5. The third-order valence-electron chi connectivity index (χ3n) is 6.46. The molecule has 1 aromatic rings. The van der Waals surface area contributed by atoms with Crippen molar-refractivity contribution in [2.24, 2.45) is 17.6 Å². The molecular formula is C20H30N4O4. The molecule has 154 valence electrons. The van der Waals surface area contributed by atoms with Gasteiger partial charge in [-0.1, -0.05) is 5.16 Å². The Balaban J connectivity index is 1.32. The molecule has 4 rings (SSSR count). The maximum atomic E-state index is 12.8. The number of nitrogens with one attached hydrogen (secondary N) is 1. The SMILES string of the molecule is NC1CCC(C(=O)N2CC[C@H](NC(=O)c3cc(C4CC4)on3)[C@@H](CO)C2)CC1. The molecule has 0 aromatic carbocycles. The van der Waals surface area contributed by atoms with Gasteiger partial charge < -0.3 is 25.6 Å². The van der Waals surface area contributed by atoms with Crippen molar-refractivity contribution in [1.29, 1.82) is 0 Å². The number of nitrogens with zero attached hydrogens (tertiary/aromatic N) is 2. The Labute approximate surface area is 164 Å².